The van der Waals surface area contributed by atoms with E-state index in [9.17, 15) is 19.7 Å². The molecule has 0 saturated carbocycles. The van der Waals surface area contributed by atoms with Crippen molar-refractivity contribution in [2.45, 2.75) is 19.8 Å². The highest BCUT2D eigenvalue weighted by atomic mass is 79.9. The maximum Gasteiger partial charge on any atom is 0.286 e. The van der Waals surface area contributed by atoms with E-state index in [0.717, 1.165) is 30.4 Å². The maximum absolute atomic E-state index is 12.8. The maximum atomic E-state index is 12.8. The van der Waals surface area contributed by atoms with Gasteiger partial charge in [-0.3, -0.25) is 30.6 Å². The largest absolute Gasteiger partial charge is 0.371 e. The van der Waals surface area contributed by atoms with Gasteiger partial charge in [-0.25, -0.2) is 0 Å². The molecule has 154 valence electrons. The number of carbonyl (C=O) groups excluding carboxylic acids is 2. The molecule has 10 heteroatoms. The molecule has 2 heterocycles. The molecule has 0 radical (unpaired) electrons. The van der Waals surface area contributed by atoms with Crippen LogP contribution in [0.3, 0.4) is 0 Å². The molecule has 3 rings (SSSR count). The molecule has 1 aliphatic rings. The fraction of sp³-hybridized carbons (Fsp3) is 0.368. The second kappa shape index (κ2) is 8.64. The van der Waals surface area contributed by atoms with Gasteiger partial charge in [0.1, 0.15) is 5.69 Å². The van der Waals surface area contributed by atoms with Crippen molar-refractivity contribution in [1.29, 1.82) is 0 Å². The smallest absolute Gasteiger partial charge is 0.286 e. The van der Waals surface area contributed by atoms with Gasteiger partial charge in [-0.15, -0.1) is 0 Å². The Hall–Kier alpha value is -2.88. The number of nitro groups is 1. The van der Waals surface area contributed by atoms with Crippen molar-refractivity contribution in [2.75, 3.05) is 18.0 Å². The van der Waals surface area contributed by atoms with E-state index >= 15 is 0 Å². The van der Waals surface area contributed by atoms with E-state index in [-0.39, 0.29) is 11.3 Å². The molecule has 2 amide bonds. The summed E-state index contributed by atoms with van der Waals surface area (Å²) in [6.45, 7) is 3.71. The minimum Gasteiger partial charge on any atom is -0.371 e. The van der Waals surface area contributed by atoms with Crippen LogP contribution in [0.2, 0.25) is 0 Å². The van der Waals surface area contributed by atoms with Gasteiger partial charge in [0.2, 0.25) is 0 Å². The first-order valence-electron chi connectivity index (χ1n) is 9.22. The Balaban J connectivity index is 1.80. The van der Waals surface area contributed by atoms with Crippen molar-refractivity contribution >= 4 is 39.1 Å². The Morgan fingerprint density at radius 2 is 1.83 bits per heavy atom. The lowest BCUT2D eigenvalue weighted by Crippen LogP contribution is -2.43. The van der Waals surface area contributed by atoms with Crippen LogP contribution in [-0.2, 0) is 7.05 Å². The molecule has 0 unspecified atom stereocenters. The zero-order valence-electron chi connectivity index (χ0n) is 16.1. The minimum absolute atomic E-state index is 0.155. The average molecular weight is 464 g/mol. The minimum atomic E-state index is -0.607. The molecule has 1 aromatic heterocycles. The average Bonchev–Trinajstić information content (AvgIpc) is 3.04. The van der Waals surface area contributed by atoms with E-state index in [1.54, 1.807) is 29.9 Å². The van der Waals surface area contributed by atoms with E-state index in [2.05, 4.69) is 38.6 Å². The van der Waals surface area contributed by atoms with E-state index in [0.29, 0.717) is 17.3 Å². The zero-order chi connectivity index (χ0) is 21.1. The quantitative estimate of drug-likeness (QED) is 0.534. The molecule has 1 fully saturated rings. The van der Waals surface area contributed by atoms with Crippen LogP contribution < -0.4 is 15.8 Å². The van der Waals surface area contributed by atoms with Gasteiger partial charge in [0.15, 0.2) is 0 Å². The zero-order valence-corrected chi connectivity index (χ0v) is 17.7. The Labute approximate surface area is 176 Å². The van der Waals surface area contributed by atoms with Gasteiger partial charge in [0.05, 0.1) is 16.2 Å². The molecule has 0 spiro atoms. The molecule has 9 nitrogen and oxygen atoms in total. The van der Waals surface area contributed by atoms with Crippen molar-refractivity contribution in [2.24, 2.45) is 13.0 Å². The lowest BCUT2D eigenvalue weighted by molar-refractivity contribution is -0.384. The number of nitrogens with zero attached hydrogens (tertiary/aromatic N) is 3. The summed E-state index contributed by atoms with van der Waals surface area (Å²) in [5.41, 5.74) is 5.69. The van der Waals surface area contributed by atoms with Gasteiger partial charge in [-0.2, -0.15) is 0 Å². The van der Waals surface area contributed by atoms with Crippen molar-refractivity contribution in [3.8, 4) is 0 Å². The Bertz CT molecular complexity index is 950. The number of hydrogen-bond donors (Lipinski definition) is 2. The van der Waals surface area contributed by atoms with Crippen LogP contribution in [0.15, 0.2) is 34.9 Å². The number of hydrogen-bond acceptors (Lipinski definition) is 5. The van der Waals surface area contributed by atoms with Crippen LogP contribution >= 0.6 is 15.9 Å². The van der Waals surface area contributed by atoms with Gasteiger partial charge >= 0.3 is 0 Å². The lowest BCUT2D eigenvalue weighted by atomic mass is 9.98. The number of rotatable bonds is 4. The van der Waals surface area contributed by atoms with E-state index in [4.69, 9.17) is 0 Å². The summed E-state index contributed by atoms with van der Waals surface area (Å²) in [4.78, 5) is 37.8. The number of benzene rings is 1. The van der Waals surface area contributed by atoms with E-state index < -0.39 is 16.7 Å². The molecule has 0 aliphatic carbocycles. The normalized spacial score (nSPS) is 14.5. The number of non-ortho nitro benzene ring substituents is 1. The van der Waals surface area contributed by atoms with Crippen molar-refractivity contribution in [1.82, 2.24) is 15.4 Å². The van der Waals surface area contributed by atoms with Crippen LogP contribution in [-0.4, -0.2) is 34.4 Å². The van der Waals surface area contributed by atoms with Gasteiger partial charge in [0.25, 0.3) is 17.5 Å². The molecule has 1 aromatic carbocycles. The van der Waals surface area contributed by atoms with E-state index in [1.165, 1.54) is 12.1 Å². The van der Waals surface area contributed by atoms with Crippen LogP contribution in [0.5, 0.6) is 0 Å². The lowest BCUT2D eigenvalue weighted by Gasteiger charge is -2.33. The van der Waals surface area contributed by atoms with E-state index in [1.807, 2.05) is 0 Å². The molecular weight excluding hydrogens is 442 g/mol. The highest BCUT2D eigenvalue weighted by molar-refractivity contribution is 9.10. The fourth-order valence-corrected chi connectivity index (χ4v) is 3.86. The Morgan fingerprint density at radius 1 is 1.17 bits per heavy atom. The fourth-order valence-electron chi connectivity index (χ4n) is 3.34. The number of nitrogens with one attached hydrogen (secondary N) is 2. The number of piperidine rings is 1. The first-order valence-corrected chi connectivity index (χ1v) is 10.0. The summed E-state index contributed by atoms with van der Waals surface area (Å²) in [5.74, 6) is -0.500. The van der Waals surface area contributed by atoms with Crippen LogP contribution in [0.1, 0.15) is 40.6 Å². The SMILES string of the molecule is CC1CCN(c2ccc([N+](=O)[O-])cc2C(=O)NNC(=O)c2cc(Br)cn2C)CC1. The monoisotopic (exact) mass is 463 g/mol. The topological polar surface area (TPSA) is 110 Å². The predicted octanol–water partition coefficient (Wildman–Crippen LogP) is 3.01. The number of nitro benzene ring substituents is 1. The number of aromatic nitrogens is 1. The van der Waals surface area contributed by atoms with Crippen molar-refractivity contribution in [3.63, 3.8) is 0 Å². The third kappa shape index (κ3) is 4.76. The number of aryl methyl sites for hydroxylation is 1. The second-order valence-electron chi connectivity index (χ2n) is 7.19. The van der Waals surface area contributed by atoms with Gasteiger partial charge in [-0.1, -0.05) is 6.92 Å². The van der Waals surface area contributed by atoms with Crippen LogP contribution in [0.4, 0.5) is 11.4 Å². The highest BCUT2D eigenvalue weighted by Crippen LogP contribution is 2.29. The molecule has 1 aliphatic heterocycles. The van der Waals surface area contributed by atoms with Gasteiger partial charge in [-0.05, 0) is 46.8 Å². The summed E-state index contributed by atoms with van der Waals surface area (Å²) in [6.07, 6.45) is 3.68. The highest BCUT2D eigenvalue weighted by Gasteiger charge is 2.24. The molecule has 0 bridgehead atoms. The number of anilines is 1. The molecule has 1 saturated heterocycles. The summed E-state index contributed by atoms with van der Waals surface area (Å²) in [6, 6.07) is 5.85. The summed E-state index contributed by atoms with van der Waals surface area (Å²) < 4.78 is 2.34. The molecular formula is C19H22BrN5O4. The molecule has 2 aromatic rings. The van der Waals surface area contributed by atoms with Crippen LogP contribution in [0, 0.1) is 16.0 Å². The number of hydrazine groups is 1. The number of carbonyl (C=O) groups is 2. The standard InChI is InChI=1S/C19H22BrN5O4/c1-12-5-7-24(8-6-12)16-4-3-14(25(28)29)10-15(16)18(26)21-22-19(27)17-9-13(20)11-23(17)2/h3-4,9-12H,5-8H2,1-2H3,(H,21,26)(H,22,27). The van der Waals surface area contributed by atoms with Gasteiger partial charge < -0.3 is 9.47 Å². The Kier molecular flexibility index (Phi) is 6.21. The molecule has 0 atom stereocenters. The molecule has 29 heavy (non-hydrogen) atoms. The Morgan fingerprint density at radius 3 is 2.41 bits per heavy atom. The number of halogens is 1. The first kappa shape index (κ1) is 20.8. The summed E-state index contributed by atoms with van der Waals surface area (Å²) in [7, 11) is 1.71. The summed E-state index contributed by atoms with van der Waals surface area (Å²) in [5, 5.41) is 11.2. The number of amides is 2. The van der Waals surface area contributed by atoms with Gasteiger partial charge in [0, 0.05) is 42.9 Å². The second-order valence-corrected chi connectivity index (χ2v) is 8.11. The summed E-state index contributed by atoms with van der Waals surface area (Å²) >= 11 is 3.29. The third-order valence-corrected chi connectivity index (χ3v) is 5.49. The van der Waals surface area contributed by atoms with Crippen molar-refractivity contribution in [3.05, 3.63) is 56.3 Å². The first-order chi connectivity index (χ1) is 13.8. The van der Waals surface area contributed by atoms with Crippen LogP contribution in [0.25, 0.3) is 0 Å². The molecule has 2 N–H and O–H groups in total. The van der Waals surface area contributed by atoms with Crippen molar-refractivity contribution < 1.29 is 14.5 Å². The predicted molar refractivity (Wildman–Crippen MR) is 112 cm³/mol. The third-order valence-electron chi connectivity index (χ3n) is 5.05.